The zero-order chi connectivity index (χ0) is 34.4. The predicted molar refractivity (Wildman–Crippen MR) is 189 cm³/mol. The number of Topliss-reactive ketones (excluding diaryl/α,β-unsaturated/α-hetero) is 1. The van der Waals surface area contributed by atoms with Gasteiger partial charge in [-0.05, 0) is 105 Å². The van der Waals surface area contributed by atoms with Gasteiger partial charge in [-0.25, -0.2) is 13.1 Å². The summed E-state index contributed by atoms with van der Waals surface area (Å²) in [6, 6.07) is 11.4. The molecule has 1 spiro atoms. The lowest BCUT2D eigenvalue weighted by Crippen LogP contribution is -2.54. The normalized spacial score (nSPS) is 32.2. The third-order valence-electron chi connectivity index (χ3n) is 11.7. The molecule has 0 unspecified atom stereocenters. The molecule has 1 N–H and O–H groups in total. The molecule has 2 aliphatic carbocycles. The van der Waals surface area contributed by atoms with Crippen LogP contribution in [0.4, 0.5) is 5.69 Å². The number of carbonyl (C=O) groups excluding carboxylic acids is 2. The van der Waals surface area contributed by atoms with Crippen molar-refractivity contribution >= 4 is 39.0 Å². The molecule has 10 heteroatoms. The predicted octanol–water partition coefficient (Wildman–Crippen LogP) is 6.88. The number of sulfonamides is 1. The number of methoxy groups -OCH3 is 1. The number of amides is 1. The van der Waals surface area contributed by atoms with E-state index in [0.29, 0.717) is 31.9 Å². The zero-order valence-corrected chi connectivity index (χ0v) is 30.3. The van der Waals surface area contributed by atoms with Crippen molar-refractivity contribution < 1.29 is 27.5 Å². The molecule has 0 aromatic heterocycles. The fraction of sp³-hybridized carbons (Fsp3) is 0.579. The van der Waals surface area contributed by atoms with Gasteiger partial charge in [0.2, 0.25) is 10.0 Å². The molecule has 2 aromatic carbocycles. The van der Waals surface area contributed by atoms with E-state index in [1.807, 2.05) is 39.0 Å². The number of aryl methyl sites for hydroxylation is 1. The smallest absolute Gasteiger partial charge is 0.264 e. The third-order valence-corrected chi connectivity index (χ3v) is 13.9. The molecule has 0 saturated heterocycles. The number of hydrogen-bond acceptors (Lipinski definition) is 7. The minimum absolute atomic E-state index is 0.0818. The maximum Gasteiger partial charge on any atom is 0.264 e. The first kappa shape index (κ1) is 35.0. The van der Waals surface area contributed by atoms with E-state index in [-0.39, 0.29) is 46.9 Å². The van der Waals surface area contributed by atoms with Crippen molar-refractivity contribution in [1.29, 1.82) is 0 Å². The first-order chi connectivity index (χ1) is 22.8. The summed E-state index contributed by atoms with van der Waals surface area (Å²) in [6.45, 7) is 9.16. The number of fused-ring (bicyclic) bond motifs is 4. The van der Waals surface area contributed by atoms with E-state index in [9.17, 15) is 18.0 Å². The minimum Gasteiger partial charge on any atom is -0.490 e. The highest BCUT2D eigenvalue weighted by Gasteiger charge is 2.50. The van der Waals surface area contributed by atoms with E-state index in [2.05, 4.69) is 21.8 Å². The zero-order valence-electron chi connectivity index (χ0n) is 28.8. The summed E-state index contributed by atoms with van der Waals surface area (Å²) in [5.41, 5.74) is 2.41. The number of nitrogens with one attached hydrogen (secondary N) is 1. The summed E-state index contributed by atoms with van der Waals surface area (Å²) < 4.78 is 42.2. The number of ketones is 1. The van der Waals surface area contributed by atoms with Gasteiger partial charge in [0, 0.05) is 48.5 Å². The molecule has 6 rings (SSSR count). The largest absolute Gasteiger partial charge is 0.490 e. The van der Waals surface area contributed by atoms with Crippen molar-refractivity contribution in [2.45, 2.75) is 88.9 Å². The van der Waals surface area contributed by atoms with Crippen LogP contribution in [0.5, 0.6) is 5.75 Å². The first-order valence-corrected chi connectivity index (χ1v) is 19.3. The second-order valence-corrected chi connectivity index (χ2v) is 17.5. The average Bonchev–Trinajstić information content (AvgIpc) is 3.18. The molecule has 1 amide bonds. The minimum atomic E-state index is -3.98. The quantitative estimate of drug-likeness (QED) is 0.348. The molecule has 1 fully saturated rings. The lowest BCUT2D eigenvalue weighted by Gasteiger charge is -2.50. The molecular formula is C38H49ClN2O6S. The van der Waals surface area contributed by atoms with E-state index in [4.69, 9.17) is 21.1 Å². The maximum absolute atomic E-state index is 13.5. The van der Waals surface area contributed by atoms with Crippen molar-refractivity contribution in [2.24, 2.45) is 23.7 Å². The fourth-order valence-electron chi connectivity index (χ4n) is 8.31. The third kappa shape index (κ3) is 6.54. The lowest BCUT2D eigenvalue weighted by atomic mass is 9.62. The summed E-state index contributed by atoms with van der Waals surface area (Å²) in [5.74, 6) is 0.0358. The van der Waals surface area contributed by atoms with E-state index in [1.165, 1.54) is 11.1 Å². The molecule has 0 radical (unpaired) electrons. The number of carbonyl (C=O) groups is 2. The van der Waals surface area contributed by atoms with E-state index in [0.717, 1.165) is 42.8 Å². The van der Waals surface area contributed by atoms with Crippen LogP contribution in [0.3, 0.4) is 0 Å². The van der Waals surface area contributed by atoms with Gasteiger partial charge >= 0.3 is 0 Å². The highest BCUT2D eigenvalue weighted by atomic mass is 35.5. The standard InChI is InChI=1S/C38H49ClN2O6S/c1-24(2)34(42)20-38(46-5)17-6-8-25(3)26(4)48(44,45)40-36(43)28-11-15-35-33(19-28)41(21-29-10-13-32(29)38)22-37(23-47-35)16-7-9-27-18-30(39)12-14-31(27)37/h6,11-12,14-15,17-19,24-26,29,32H,7-10,13,16,20-23H2,1-5H3,(H,40,43)/b17-6-/t25-,26+,29-,32+,37-,38-/m0/s1. The van der Waals surface area contributed by atoms with Gasteiger partial charge in [-0.1, -0.05) is 50.6 Å². The summed E-state index contributed by atoms with van der Waals surface area (Å²) in [4.78, 5) is 29.2. The van der Waals surface area contributed by atoms with Crippen LogP contribution in [-0.4, -0.2) is 57.8 Å². The van der Waals surface area contributed by atoms with Crippen LogP contribution >= 0.6 is 11.6 Å². The van der Waals surface area contributed by atoms with Crippen molar-refractivity contribution in [3.8, 4) is 5.75 Å². The highest BCUT2D eigenvalue weighted by molar-refractivity contribution is 7.90. The topological polar surface area (TPSA) is 102 Å². The molecule has 2 aliphatic heterocycles. The Morgan fingerprint density at radius 1 is 1.17 bits per heavy atom. The first-order valence-electron chi connectivity index (χ1n) is 17.4. The van der Waals surface area contributed by atoms with E-state index in [1.54, 1.807) is 32.2 Å². The number of halogens is 1. The second-order valence-electron chi connectivity index (χ2n) is 15.0. The van der Waals surface area contributed by atoms with Crippen molar-refractivity contribution in [2.75, 3.05) is 31.7 Å². The monoisotopic (exact) mass is 696 g/mol. The molecule has 2 heterocycles. The molecule has 48 heavy (non-hydrogen) atoms. The molecule has 2 bridgehead atoms. The molecule has 6 atom stereocenters. The van der Waals surface area contributed by atoms with Gasteiger partial charge in [0.05, 0.1) is 23.1 Å². The second kappa shape index (κ2) is 13.4. The molecule has 1 saturated carbocycles. The highest BCUT2D eigenvalue weighted by Crippen LogP contribution is 2.50. The number of nitrogens with zero attached hydrogens (tertiary/aromatic N) is 1. The Morgan fingerprint density at radius 2 is 1.96 bits per heavy atom. The Bertz CT molecular complexity index is 1710. The number of anilines is 1. The van der Waals surface area contributed by atoms with Gasteiger partial charge < -0.3 is 14.4 Å². The molecule has 260 valence electrons. The number of benzene rings is 2. The average molecular weight is 697 g/mol. The van der Waals surface area contributed by atoms with E-state index >= 15 is 0 Å². The molecule has 2 aromatic rings. The maximum atomic E-state index is 13.5. The SMILES string of the molecule is CO[C@]1(CC(=O)C(C)C)/C=C\C[C@H](C)[C@@H](C)S(=O)(=O)NC(=O)c2ccc3c(c2)N(C[C@@H]2CC[C@H]21)C[C@@]1(CCCc2cc(Cl)ccc21)CO3. The van der Waals surface area contributed by atoms with Gasteiger partial charge in [0.1, 0.15) is 11.5 Å². The number of hydrogen-bond donors (Lipinski definition) is 1. The van der Waals surface area contributed by atoms with Crippen molar-refractivity contribution in [3.05, 3.63) is 70.3 Å². The summed E-state index contributed by atoms with van der Waals surface area (Å²) in [6.07, 6.45) is 9.54. The summed E-state index contributed by atoms with van der Waals surface area (Å²) >= 11 is 6.45. The Labute approximate surface area is 290 Å². The number of allylic oxidation sites excluding steroid dienone is 1. The Morgan fingerprint density at radius 3 is 2.67 bits per heavy atom. The Hall–Kier alpha value is -2.88. The molecular weight excluding hydrogens is 648 g/mol. The van der Waals surface area contributed by atoms with Crippen LogP contribution in [-0.2, 0) is 31.4 Å². The van der Waals surface area contributed by atoms with Crippen LogP contribution in [0.15, 0.2) is 48.6 Å². The van der Waals surface area contributed by atoms with Crippen LogP contribution in [0.2, 0.25) is 5.02 Å². The number of ether oxygens (including phenoxy) is 2. The van der Waals surface area contributed by atoms with E-state index < -0.39 is 26.8 Å². The van der Waals surface area contributed by atoms with Gasteiger partial charge in [0.25, 0.3) is 5.91 Å². The van der Waals surface area contributed by atoms with Gasteiger partial charge in [0.15, 0.2) is 0 Å². The molecule has 8 nitrogen and oxygen atoms in total. The van der Waals surface area contributed by atoms with Crippen LogP contribution in [0, 0.1) is 23.7 Å². The lowest BCUT2D eigenvalue weighted by molar-refractivity contribution is -0.133. The fourth-order valence-corrected chi connectivity index (χ4v) is 9.79. The van der Waals surface area contributed by atoms with Crippen molar-refractivity contribution in [3.63, 3.8) is 0 Å². The van der Waals surface area contributed by atoms with Gasteiger partial charge in [-0.15, -0.1) is 0 Å². The van der Waals surface area contributed by atoms with Crippen LogP contribution in [0.25, 0.3) is 0 Å². The van der Waals surface area contributed by atoms with Crippen LogP contribution < -0.4 is 14.4 Å². The Kier molecular flexibility index (Phi) is 9.79. The van der Waals surface area contributed by atoms with Crippen LogP contribution in [0.1, 0.15) is 87.7 Å². The van der Waals surface area contributed by atoms with Gasteiger partial charge in [-0.2, -0.15) is 0 Å². The van der Waals surface area contributed by atoms with Gasteiger partial charge in [-0.3, -0.25) is 9.59 Å². The number of rotatable bonds is 4. The summed E-state index contributed by atoms with van der Waals surface area (Å²) in [7, 11) is -2.29. The van der Waals surface area contributed by atoms with Crippen molar-refractivity contribution in [1.82, 2.24) is 4.72 Å². The molecule has 4 aliphatic rings. The summed E-state index contributed by atoms with van der Waals surface area (Å²) in [5, 5.41) is -0.106. The Balaban J connectivity index is 1.47.